The van der Waals surface area contributed by atoms with Crippen LogP contribution in [0.2, 0.25) is 0 Å². The van der Waals surface area contributed by atoms with Crippen LogP contribution in [0.3, 0.4) is 0 Å². The van der Waals surface area contributed by atoms with E-state index in [0.29, 0.717) is 18.1 Å². The molecule has 0 spiro atoms. The average molecular weight is 455 g/mol. The van der Waals surface area contributed by atoms with Crippen molar-refractivity contribution in [3.05, 3.63) is 65.0 Å². The second-order valence-corrected chi connectivity index (χ2v) is 8.86. The van der Waals surface area contributed by atoms with Crippen LogP contribution in [0.25, 0.3) is 0 Å². The van der Waals surface area contributed by atoms with Crippen LogP contribution in [0.1, 0.15) is 88.2 Å². The van der Waals surface area contributed by atoms with E-state index in [1.165, 1.54) is 63.5 Å². The lowest BCUT2D eigenvalue weighted by molar-refractivity contribution is -0.185. The Balaban J connectivity index is 1.53. The highest BCUT2D eigenvalue weighted by Crippen LogP contribution is 2.39. The van der Waals surface area contributed by atoms with Crippen LogP contribution in [0.5, 0.6) is 5.75 Å². The van der Waals surface area contributed by atoms with Crippen molar-refractivity contribution in [2.75, 3.05) is 0 Å². The summed E-state index contributed by atoms with van der Waals surface area (Å²) < 4.78 is 73.0. The number of unbranched alkanes of at least 4 members (excludes halogenated alkanes) is 4. The van der Waals surface area contributed by atoms with Crippen LogP contribution < -0.4 is 4.74 Å². The summed E-state index contributed by atoms with van der Waals surface area (Å²) in [5.74, 6) is -4.54. The van der Waals surface area contributed by atoms with Crippen molar-refractivity contribution in [2.24, 2.45) is 5.92 Å². The van der Waals surface area contributed by atoms with Crippen molar-refractivity contribution < 1.29 is 26.7 Å². The van der Waals surface area contributed by atoms with Crippen molar-refractivity contribution >= 4 is 0 Å². The van der Waals surface area contributed by atoms with E-state index in [1.807, 2.05) is 0 Å². The quantitative estimate of drug-likeness (QED) is 0.198. The summed E-state index contributed by atoms with van der Waals surface area (Å²) >= 11 is 0. The molecule has 0 bridgehead atoms. The zero-order valence-corrected chi connectivity index (χ0v) is 18.5. The van der Waals surface area contributed by atoms with E-state index in [0.717, 1.165) is 24.3 Å². The Morgan fingerprint density at radius 3 is 2.03 bits per heavy atom. The standard InChI is InChI=1S/C26H31F5O/c1-2-3-4-5-6-7-18-8-10-19(11-9-18)20-12-14-21(15-13-20)26(30,31)32-22-16-23(27)25(29)24(28)17-22/h12-19H,2-11H2,1H3/t18-,19-. The molecule has 0 atom stereocenters. The molecule has 1 fully saturated rings. The predicted molar refractivity (Wildman–Crippen MR) is 115 cm³/mol. The second-order valence-electron chi connectivity index (χ2n) is 8.86. The first-order valence-corrected chi connectivity index (χ1v) is 11.6. The Kier molecular flexibility index (Phi) is 8.55. The Hall–Kier alpha value is -2.11. The Bertz CT molecular complexity index is 834. The zero-order valence-electron chi connectivity index (χ0n) is 18.5. The number of ether oxygens (including phenoxy) is 1. The first kappa shape index (κ1) is 24.5. The maximum absolute atomic E-state index is 14.5. The Morgan fingerprint density at radius 2 is 1.44 bits per heavy atom. The highest BCUT2D eigenvalue weighted by Gasteiger charge is 2.35. The topological polar surface area (TPSA) is 9.23 Å². The number of benzene rings is 2. The van der Waals surface area contributed by atoms with Gasteiger partial charge < -0.3 is 4.74 Å². The molecule has 1 aliphatic carbocycles. The molecule has 1 saturated carbocycles. The summed E-state index contributed by atoms with van der Waals surface area (Å²) in [6.45, 7) is 2.22. The van der Waals surface area contributed by atoms with Crippen LogP contribution >= 0.6 is 0 Å². The van der Waals surface area contributed by atoms with Gasteiger partial charge >= 0.3 is 6.11 Å². The number of alkyl halides is 2. The number of hydrogen-bond acceptors (Lipinski definition) is 1. The van der Waals surface area contributed by atoms with Gasteiger partial charge in [0.05, 0.1) is 5.56 Å². The van der Waals surface area contributed by atoms with E-state index in [2.05, 4.69) is 11.7 Å². The van der Waals surface area contributed by atoms with Gasteiger partial charge in [0.2, 0.25) is 0 Å². The average Bonchev–Trinajstić information content (AvgIpc) is 2.77. The molecule has 2 aromatic carbocycles. The Labute approximate surface area is 187 Å². The molecule has 0 unspecified atom stereocenters. The molecule has 0 aliphatic heterocycles. The highest BCUT2D eigenvalue weighted by atomic mass is 19.3. The maximum atomic E-state index is 14.5. The van der Waals surface area contributed by atoms with Crippen LogP contribution in [0.4, 0.5) is 22.0 Å². The molecule has 3 rings (SSSR count). The van der Waals surface area contributed by atoms with Crippen molar-refractivity contribution in [3.63, 3.8) is 0 Å². The molecule has 0 radical (unpaired) electrons. The molecule has 6 heteroatoms. The third-order valence-corrected chi connectivity index (χ3v) is 6.48. The molecule has 0 aromatic heterocycles. The zero-order chi connectivity index (χ0) is 23.1. The van der Waals surface area contributed by atoms with E-state index < -0.39 is 34.9 Å². The molecule has 32 heavy (non-hydrogen) atoms. The van der Waals surface area contributed by atoms with Gasteiger partial charge in [-0.3, -0.25) is 0 Å². The highest BCUT2D eigenvalue weighted by molar-refractivity contribution is 5.30. The van der Waals surface area contributed by atoms with Gasteiger partial charge in [0.1, 0.15) is 5.75 Å². The van der Waals surface area contributed by atoms with E-state index in [-0.39, 0.29) is 0 Å². The minimum absolute atomic E-state index is 0.357. The molecule has 176 valence electrons. The smallest absolute Gasteiger partial charge is 0.426 e. The maximum Gasteiger partial charge on any atom is 0.426 e. The lowest BCUT2D eigenvalue weighted by atomic mass is 9.77. The number of hydrogen-bond donors (Lipinski definition) is 0. The molecule has 1 nitrogen and oxygen atoms in total. The number of rotatable bonds is 10. The molecule has 0 saturated heterocycles. The normalized spacial score (nSPS) is 19.2. The summed E-state index contributed by atoms with van der Waals surface area (Å²) in [6, 6.07) is 6.73. The fraction of sp³-hybridized carbons (Fsp3) is 0.538. The molecular formula is C26H31F5O. The first-order valence-electron chi connectivity index (χ1n) is 11.6. The van der Waals surface area contributed by atoms with Crippen molar-refractivity contribution in [2.45, 2.75) is 83.2 Å². The third-order valence-electron chi connectivity index (χ3n) is 6.48. The minimum atomic E-state index is -3.80. The summed E-state index contributed by atoms with van der Waals surface area (Å²) in [7, 11) is 0. The van der Waals surface area contributed by atoms with E-state index in [4.69, 9.17) is 0 Å². The molecule has 2 aromatic rings. The van der Waals surface area contributed by atoms with Gasteiger partial charge in [-0.25, -0.2) is 13.2 Å². The first-order chi connectivity index (χ1) is 15.3. The molecule has 0 amide bonds. The summed E-state index contributed by atoms with van der Waals surface area (Å²) in [4.78, 5) is 0. The second kappa shape index (κ2) is 11.2. The number of halogens is 5. The molecule has 0 N–H and O–H groups in total. The largest absolute Gasteiger partial charge is 0.429 e. The van der Waals surface area contributed by atoms with Gasteiger partial charge in [0.15, 0.2) is 17.5 Å². The molecular weight excluding hydrogens is 423 g/mol. The van der Waals surface area contributed by atoms with Crippen molar-refractivity contribution in [1.29, 1.82) is 0 Å². The van der Waals surface area contributed by atoms with Gasteiger partial charge in [-0.2, -0.15) is 8.78 Å². The van der Waals surface area contributed by atoms with Gasteiger partial charge in [0, 0.05) is 12.1 Å². The van der Waals surface area contributed by atoms with Crippen molar-refractivity contribution in [3.8, 4) is 5.75 Å². The summed E-state index contributed by atoms with van der Waals surface area (Å²) in [5, 5.41) is 0. The van der Waals surface area contributed by atoms with Gasteiger partial charge in [-0.1, -0.05) is 57.6 Å². The van der Waals surface area contributed by atoms with E-state index >= 15 is 0 Å². The predicted octanol–water partition coefficient (Wildman–Crippen LogP) is 8.87. The van der Waals surface area contributed by atoms with Crippen molar-refractivity contribution in [1.82, 2.24) is 0 Å². The van der Waals surface area contributed by atoms with Crippen LogP contribution in [-0.2, 0) is 6.11 Å². The minimum Gasteiger partial charge on any atom is -0.429 e. The summed E-state index contributed by atoms with van der Waals surface area (Å²) in [5.41, 5.74) is 0.594. The van der Waals surface area contributed by atoms with Gasteiger partial charge in [-0.15, -0.1) is 0 Å². The SMILES string of the molecule is CCCCCCC[C@H]1CC[C@H](c2ccc(C(F)(F)Oc3cc(F)c(F)c(F)c3)cc2)CC1. The summed E-state index contributed by atoms with van der Waals surface area (Å²) in [6.07, 6.45) is 8.41. The van der Waals surface area contributed by atoms with Crippen LogP contribution in [0.15, 0.2) is 36.4 Å². The fourth-order valence-electron chi connectivity index (χ4n) is 4.57. The monoisotopic (exact) mass is 454 g/mol. The van der Waals surface area contributed by atoms with E-state index in [9.17, 15) is 22.0 Å². The lowest BCUT2D eigenvalue weighted by Crippen LogP contribution is -2.22. The van der Waals surface area contributed by atoms with Crippen LogP contribution in [-0.4, -0.2) is 0 Å². The molecule has 1 aliphatic rings. The third kappa shape index (κ3) is 6.46. The molecule has 0 heterocycles. The fourth-order valence-corrected chi connectivity index (χ4v) is 4.57. The van der Waals surface area contributed by atoms with E-state index in [1.54, 1.807) is 12.1 Å². The lowest BCUT2D eigenvalue weighted by Gasteiger charge is -2.29. The van der Waals surface area contributed by atoms with Crippen LogP contribution in [0, 0.1) is 23.4 Å². The Morgan fingerprint density at radius 1 is 0.844 bits per heavy atom. The van der Waals surface area contributed by atoms with Gasteiger partial charge in [-0.05, 0) is 55.2 Å². The van der Waals surface area contributed by atoms with Gasteiger partial charge in [0.25, 0.3) is 0 Å².